The number of carbonyl (C=O) groups excluding carboxylic acids is 1. The molecule has 3 rings (SSSR count). The zero-order valence-corrected chi connectivity index (χ0v) is 15.6. The van der Waals surface area contributed by atoms with E-state index in [0.717, 1.165) is 18.2 Å². The molecular formula is C18H17ClF3N5O. The Kier molecular flexibility index (Phi) is 5.73. The van der Waals surface area contributed by atoms with Gasteiger partial charge in [0.2, 0.25) is 5.91 Å². The first-order chi connectivity index (χ1) is 13.2. The van der Waals surface area contributed by atoms with Gasteiger partial charge in [0.05, 0.1) is 22.0 Å². The molecule has 148 valence electrons. The summed E-state index contributed by atoms with van der Waals surface area (Å²) in [4.78, 5) is 12.2. The number of aromatic nitrogens is 4. The zero-order valence-electron chi connectivity index (χ0n) is 14.9. The van der Waals surface area contributed by atoms with Crippen molar-refractivity contribution < 1.29 is 18.0 Å². The lowest BCUT2D eigenvalue weighted by molar-refractivity contribution is -0.137. The zero-order chi connectivity index (χ0) is 20.3. The number of aryl methyl sites for hydroxylation is 2. The van der Waals surface area contributed by atoms with Gasteiger partial charge >= 0.3 is 6.18 Å². The molecule has 0 spiro atoms. The van der Waals surface area contributed by atoms with E-state index >= 15 is 0 Å². The molecule has 2 aromatic heterocycles. The van der Waals surface area contributed by atoms with Crippen LogP contribution in [0.15, 0.2) is 42.7 Å². The molecular weight excluding hydrogens is 395 g/mol. The number of rotatable bonds is 6. The number of anilines is 1. The van der Waals surface area contributed by atoms with E-state index in [0.29, 0.717) is 18.7 Å². The van der Waals surface area contributed by atoms with Crippen LogP contribution in [0.4, 0.5) is 19.0 Å². The van der Waals surface area contributed by atoms with Gasteiger partial charge in [0, 0.05) is 31.4 Å². The van der Waals surface area contributed by atoms with Crippen molar-refractivity contribution in [3.63, 3.8) is 0 Å². The second-order valence-electron chi connectivity index (χ2n) is 6.17. The summed E-state index contributed by atoms with van der Waals surface area (Å²) in [6.45, 7) is 2.25. The number of carbonyl (C=O) groups is 1. The molecule has 1 amide bonds. The Morgan fingerprint density at radius 3 is 2.75 bits per heavy atom. The predicted molar refractivity (Wildman–Crippen MR) is 98.4 cm³/mol. The van der Waals surface area contributed by atoms with Crippen molar-refractivity contribution in [3.05, 3.63) is 59.0 Å². The van der Waals surface area contributed by atoms with Crippen LogP contribution in [0.25, 0.3) is 5.69 Å². The third kappa shape index (κ3) is 4.72. The molecule has 0 unspecified atom stereocenters. The van der Waals surface area contributed by atoms with Crippen LogP contribution < -0.4 is 5.32 Å². The Balaban J connectivity index is 1.77. The first kappa shape index (κ1) is 19.9. The highest BCUT2D eigenvalue weighted by Gasteiger charge is 2.31. The Morgan fingerprint density at radius 1 is 1.29 bits per heavy atom. The lowest BCUT2D eigenvalue weighted by atomic mass is 10.2. The average molecular weight is 412 g/mol. The van der Waals surface area contributed by atoms with Gasteiger partial charge in [-0.25, -0.2) is 4.68 Å². The fraction of sp³-hybridized carbons (Fsp3) is 0.278. The van der Waals surface area contributed by atoms with Crippen LogP contribution in [0, 0.1) is 6.92 Å². The van der Waals surface area contributed by atoms with Crippen LogP contribution in [-0.2, 0) is 17.5 Å². The summed E-state index contributed by atoms with van der Waals surface area (Å²) in [7, 11) is 0. The maximum absolute atomic E-state index is 13.0. The summed E-state index contributed by atoms with van der Waals surface area (Å²) in [6, 6.07) is 6.33. The quantitative estimate of drug-likeness (QED) is 0.651. The monoisotopic (exact) mass is 411 g/mol. The molecule has 1 aromatic carbocycles. The predicted octanol–water partition coefficient (Wildman–Crippen LogP) is 4.47. The molecule has 6 nitrogen and oxygen atoms in total. The fourth-order valence-electron chi connectivity index (χ4n) is 2.66. The molecule has 0 fully saturated rings. The van der Waals surface area contributed by atoms with Crippen molar-refractivity contribution in [2.75, 3.05) is 5.32 Å². The Labute approximate surface area is 163 Å². The highest BCUT2D eigenvalue weighted by molar-refractivity contribution is 6.32. The van der Waals surface area contributed by atoms with E-state index in [-0.39, 0.29) is 28.9 Å². The van der Waals surface area contributed by atoms with Crippen LogP contribution >= 0.6 is 11.6 Å². The maximum atomic E-state index is 13.0. The second-order valence-corrected chi connectivity index (χ2v) is 6.57. The standard InChI is InChI=1S/C18H17ClF3N5O/c1-12-10-16(24-17(28)4-2-8-26-9-3-7-23-26)27(25-12)15-11-13(18(20,21)22)5-6-14(15)19/h3,5-7,9-11H,2,4,8H2,1H3,(H,24,28). The molecule has 0 radical (unpaired) electrons. The smallest absolute Gasteiger partial charge is 0.311 e. The molecule has 1 N–H and O–H groups in total. The lowest BCUT2D eigenvalue weighted by Gasteiger charge is -2.13. The van der Waals surface area contributed by atoms with Gasteiger partial charge in [0.25, 0.3) is 0 Å². The van der Waals surface area contributed by atoms with E-state index in [1.165, 1.54) is 4.68 Å². The van der Waals surface area contributed by atoms with Crippen LogP contribution in [0.3, 0.4) is 0 Å². The van der Waals surface area contributed by atoms with E-state index < -0.39 is 11.7 Å². The van der Waals surface area contributed by atoms with Crippen molar-refractivity contribution in [2.24, 2.45) is 0 Å². The number of amides is 1. The van der Waals surface area contributed by atoms with E-state index in [9.17, 15) is 18.0 Å². The minimum absolute atomic E-state index is 0.0384. The summed E-state index contributed by atoms with van der Waals surface area (Å²) in [5.74, 6) is -0.0285. The SMILES string of the molecule is Cc1cc(NC(=O)CCCn2cccn2)n(-c2cc(C(F)(F)F)ccc2Cl)n1. The summed E-state index contributed by atoms with van der Waals surface area (Å²) >= 11 is 6.09. The number of halogens is 4. The lowest BCUT2D eigenvalue weighted by Crippen LogP contribution is -2.16. The summed E-state index contributed by atoms with van der Waals surface area (Å²) < 4.78 is 42.0. The van der Waals surface area contributed by atoms with Crippen molar-refractivity contribution in [1.82, 2.24) is 19.6 Å². The molecule has 10 heteroatoms. The van der Waals surface area contributed by atoms with Gasteiger partial charge in [-0.2, -0.15) is 23.4 Å². The number of nitrogens with zero attached hydrogens (tertiary/aromatic N) is 4. The van der Waals surface area contributed by atoms with E-state index in [4.69, 9.17) is 11.6 Å². The topological polar surface area (TPSA) is 64.7 Å². The van der Waals surface area contributed by atoms with E-state index in [2.05, 4.69) is 15.5 Å². The van der Waals surface area contributed by atoms with Crippen LogP contribution in [0.5, 0.6) is 0 Å². The van der Waals surface area contributed by atoms with Crippen molar-refractivity contribution >= 4 is 23.3 Å². The first-order valence-electron chi connectivity index (χ1n) is 8.45. The van der Waals surface area contributed by atoms with Gasteiger partial charge in [-0.1, -0.05) is 11.6 Å². The Hall–Kier alpha value is -2.81. The second kappa shape index (κ2) is 8.05. The van der Waals surface area contributed by atoms with Gasteiger partial charge in [0.15, 0.2) is 0 Å². The molecule has 0 aliphatic rings. The largest absolute Gasteiger partial charge is 0.416 e. The fourth-order valence-corrected chi connectivity index (χ4v) is 2.86. The average Bonchev–Trinajstić information content (AvgIpc) is 3.24. The highest BCUT2D eigenvalue weighted by atomic mass is 35.5. The van der Waals surface area contributed by atoms with Crippen LogP contribution in [-0.4, -0.2) is 25.5 Å². The van der Waals surface area contributed by atoms with Gasteiger partial charge in [-0.15, -0.1) is 0 Å². The van der Waals surface area contributed by atoms with Gasteiger partial charge in [0.1, 0.15) is 5.82 Å². The third-order valence-electron chi connectivity index (χ3n) is 3.95. The Morgan fingerprint density at radius 2 is 2.07 bits per heavy atom. The van der Waals surface area contributed by atoms with Gasteiger partial charge in [-0.05, 0) is 37.6 Å². The number of hydrogen-bond acceptors (Lipinski definition) is 3. The molecule has 0 saturated heterocycles. The number of benzene rings is 1. The molecule has 0 aliphatic carbocycles. The summed E-state index contributed by atoms with van der Waals surface area (Å²) in [5, 5.41) is 11.0. The minimum Gasteiger partial charge on any atom is -0.311 e. The molecule has 0 bridgehead atoms. The van der Waals surface area contributed by atoms with Gasteiger partial charge in [-0.3, -0.25) is 9.48 Å². The Bertz CT molecular complexity index is 966. The minimum atomic E-state index is -4.52. The van der Waals surface area contributed by atoms with E-state index in [1.807, 2.05) is 0 Å². The molecule has 0 saturated carbocycles. The van der Waals surface area contributed by atoms with Gasteiger partial charge < -0.3 is 5.32 Å². The van der Waals surface area contributed by atoms with E-state index in [1.54, 1.807) is 36.1 Å². The van der Waals surface area contributed by atoms with Crippen molar-refractivity contribution in [3.8, 4) is 5.69 Å². The molecule has 0 aliphatic heterocycles. The van der Waals surface area contributed by atoms with Crippen molar-refractivity contribution in [1.29, 1.82) is 0 Å². The summed E-state index contributed by atoms with van der Waals surface area (Å²) in [6.07, 6.45) is -0.283. The van der Waals surface area contributed by atoms with Crippen LogP contribution in [0.2, 0.25) is 5.02 Å². The normalized spacial score (nSPS) is 11.6. The third-order valence-corrected chi connectivity index (χ3v) is 4.27. The maximum Gasteiger partial charge on any atom is 0.416 e. The molecule has 0 atom stereocenters. The molecule has 28 heavy (non-hydrogen) atoms. The first-order valence-corrected chi connectivity index (χ1v) is 8.83. The number of hydrogen-bond donors (Lipinski definition) is 1. The highest BCUT2D eigenvalue weighted by Crippen LogP contribution is 2.34. The molecule has 3 aromatic rings. The molecule has 2 heterocycles. The number of nitrogens with one attached hydrogen (secondary N) is 1. The summed E-state index contributed by atoms with van der Waals surface area (Å²) in [5.41, 5.74) is -0.284. The number of alkyl halides is 3. The van der Waals surface area contributed by atoms with Crippen molar-refractivity contribution in [2.45, 2.75) is 32.5 Å². The van der Waals surface area contributed by atoms with Crippen LogP contribution in [0.1, 0.15) is 24.1 Å².